The molecular weight excluding hydrogens is 357 g/mol. The third kappa shape index (κ3) is 4.73. The zero-order valence-electron chi connectivity index (χ0n) is 14.1. The number of rotatable bonds is 4. The van der Waals surface area contributed by atoms with E-state index in [-0.39, 0.29) is 30.3 Å². The topological polar surface area (TPSA) is 63.4 Å². The van der Waals surface area contributed by atoms with E-state index >= 15 is 0 Å². The van der Waals surface area contributed by atoms with E-state index in [1.807, 2.05) is 0 Å². The first-order valence-electron chi connectivity index (χ1n) is 7.95. The molecular formula is C17H22ClF3N2O2. The van der Waals surface area contributed by atoms with Crippen LogP contribution in [0.15, 0.2) is 12.1 Å². The quantitative estimate of drug-likeness (QED) is 0.819. The van der Waals surface area contributed by atoms with E-state index in [0.29, 0.717) is 38.1 Å². The number of piperidine rings is 1. The first-order valence-corrected chi connectivity index (χ1v) is 7.95. The van der Waals surface area contributed by atoms with Crippen LogP contribution < -0.4 is 5.73 Å². The van der Waals surface area contributed by atoms with Crippen molar-refractivity contribution in [1.29, 1.82) is 0 Å². The van der Waals surface area contributed by atoms with Crippen LogP contribution in [-0.4, -0.2) is 35.7 Å². The van der Waals surface area contributed by atoms with Gasteiger partial charge in [-0.05, 0) is 19.8 Å². The third-order valence-electron chi connectivity index (χ3n) is 4.61. The number of halogens is 4. The molecule has 1 heterocycles. The molecule has 8 heteroatoms. The van der Waals surface area contributed by atoms with Gasteiger partial charge in [-0.2, -0.15) is 0 Å². The Morgan fingerprint density at radius 3 is 2.04 bits per heavy atom. The van der Waals surface area contributed by atoms with Crippen LogP contribution in [0.25, 0.3) is 0 Å². The highest BCUT2D eigenvalue weighted by atomic mass is 35.5. The molecule has 1 aliphatic heterocycles. The van der Waals surface area contributed by atoms with Crippen LogP contribution in [-0.2, 0) is 4.79 Å². The van der Waals surface area contributed by atoms with Crippen LogP contribution in [0, 0.1) is 29.3 Å². The fourth-order valence-corrected chi connectivity index (χ4v) is 2.86. The Bertz CT molecular complexity index is 624. The summed E-state index contributed by atoms with van der Waals surface area (Å²) < 4.78 is 40.4. The van der Waals surface area contributed by atoms with Crippen molar-refractivity contribution in [2.75, 3.05) is 13.1 Å². The van der Waals surface area contributed by atoms with Crippen molar-refractivity contribution in [3.8, 4) is 0 Å². The summed E-state index contributed by atoms with van der Waals surface area (Å²) in [4.78, 5) is 26.2. The number of hydrogen-bond donors (Lipinski definition) is 1. The van der Waals surface area contributed by atoms with Gasteiger partial charge in [0.25, 0.3) is 0 Å². The van der Waals surface area contributed by atoms with Crippen LogP contribution >= 0.6 is 12.4 Å². The van der Waals surface area contributed by atoms with Crippen molar-refractivity contribution < 1.29 is 22.8 Å². The van der Waals surface area contributed by atoms with Crippen LogP contribution in [0.1, 0.15) is 37.0 Å². The van der Waals surface area contributed by atoms with Crippen LogP contribution in [0.2, 0.25) is 0 Å². The summed E-state index contributed by atoms with van der Waals surface area (Å²) in [7, 11) is 0. The molecule has 1 aliphatic rings. The second-order valence-corrected chi connectivity index (χ2v) is 6.36. The molecule has 1 aromatic carbocycles. The first-order chi connectivity index (χ1) is 11.2. The molecule has 1 fully saturated rings. The summed E-state index contributed by atoms with van der Waals surface area (Å²) in [5.41, 5.74) is 5.02. The number of carbonyl (C=O) groups is 2. The minimum atomic E-state index is -1.19. The van der Waals surface area contributed by atoms with Crippen LogP contribution in [0.3, 0.4) is 0 Å². The number of benzene rings is 1. The van der Waals surface area contributed by atoms with Crippen molar-refractivity contribution in [3.05, 3.63) is 35.1 Å². The van der Waals surface area contributed by atoms with Gasteiger partial charge in [-0.15, -0.1) is 12.4 Å². The van der Waals surface area contributed by atoms with Crippen molar-refractivity contribution in [2.24, 2.45) is 17.6 Å². The smallest absolute Gasteiger partial charge is 0.226 e. The lowest BCUT2D eigenvalue weighted by Gasteiger charge is -2.33. The Morgan fingerprint density at radius 1 is 1.12 bits per heavy atom. The molecule has 1 amide bonds. The Hall–Kier alpha value is -1.60. The molecule has 0 aliphatic carbocycles. The molecule has 2 rings (SSSR count). The van der Waals surface area contributed by atoms with Crippen molar-refractivity contribution in [1.82, 2.24) is 4.90 Å². The Labute approximate surface area is 151 Å². The molecule has 0 bridgehead atoms. The van der Waals surface area contributed by atoms with E-state index in [4.69, 9.17) is 5.73 Å². The third-order valence-corrected chi connectivity index (χ3v) is 4.61. The molecule has 0 spiro atoms. The molecule has 2 atom stereocenters. The van der Waals surface area contributed by atoms with E-state index < -0.39 is 34.7 Å². The normalized spacial score (nSPS) is 17.6. The van der Waals surface area contributed by atoms with Gasteiger partial charge in [0.15, 0.2) is 5.78 Å². The lowest BCUT2D eigenvalue weighted by atomic mass is 9.87. The fourth-order valence-electron chi connectivity index (χ4n) is 2.86. The lowest BCUT2D eigenvalue weighted by Crippen LogP contribution is -2.46. The molecule has 140 valence electrons. The number of ketones is 1. The highest BCUT2D eigenvalue weighted by Crippen LogP contribution is 2.26. The molecule has 0 saturated carbocycles. The van der Waals surface area contributed by atoms with Gasteiger partial charge in [-0.3, -0.25) is 9.59 Å². The zero-order valence-corrected chi connectivity index (χ0v) is 14.9. The predicted octanol–water partition coefficient (Wildman–Crippen LogP) is 2.93. The van der Waals surface area contributed by atoms with Crippen molar-refractivity contribution in [3.63, 3.8) is 0 Å². The molecule has 1 saturated heterocycles. The number of Topliss-reactive ketones (excluding diaryl/α,β-unsaturated/α-hetero) is 1. The highest BCUT2D eigenvalue weighted by molar-refractivity contribution is 5.98. The number of amides is 1. The summed E-state index contributed by atoms with van der Waals surface area (Å²) in [6.45, 7) is 4.15. The molecule has 1 aromatic rings. The summed E-state index contributed by atoms with van der Waals surface area (Å²) in [6, 6.07) is 0.720. The van der Waals surface area contributed by atoms with E-state index in [2.05, 4.69) is 0 Å². The lowest BCUT2D eigenvalue weighted by molar-refractivity contribution is -0.136. The predicted molar refractivity (Wildman–Crippen MR) is 90.0 cm³/mol. The van der Waals surface area contributed by atoms with Crippen molar-refractivity contribution in [2.45, 2.75) is 32.7 Å². The minimum absolute atomic E-state index is 0. The van der Waals surface area contributed by atoms with E-state index in [0.717, 1.165) is 0 Å². The first kappa shape index (κ1) is 21.4. The zero-order chi connectivity index (χ0) is 18.0. The Morgan fingerprint density at radius 2 is 1.60 bits per heavy atom. The molecule has 0 aromatic heterocycles. The number of likely N-dealkylation sites (tertiary alicyclic amines) is 1. The molecule has 25 heavy (non-hydrogen) atoms. The molecule has 0 radical (unpaired) electrons. The Kier molecular flexibility index (Phi) is 7.44. The maximum Gasteiger partial charge on any atom is 0.226 e. The second kappa shape index (κ2) is 8.67. The van der Waals surface area contributed by atoms with Gasteiger partial charge < -0.3 is 10.6 Å². The number of hydrogen-bond acceptors (Lipinski definition) is 3. The summed E-state index contributed by atoms with van der Waals surface area (Å²) in [5, 5.41) is 0. The van der Waals surface area contributed by atoms with E-state index in [1.54, 1.807) is 18.7 Å². The van der Waals surface area contributed by atoms with Crippen LogP contribution in [0.4, 0.5) is 13.2 Å². The number of carbonyl (C=O) groups excluding carboxylic acids is 2. The van der Waals surface area contributed by atoms with Gasteiger partial charge in [0, 0.05) is 37.2 Å². The highest BCUT2D eigenvalue weighted by Gasteiger charge is 2.32. The standard InChI is InChI=1S/C17H21F3N2O2.ClH/c1-9(10(2)21)17(24)22-5-3-11(4-6-22)16(23)15-13(19)7-12(18)8-14(15)20;/h7-11H,3-6,21H2,1-2H3;1H. The largest absolute Gasteiger partial charge is 0.342 e. The van der Waals surface area contributed by atoms with Gasteiger partial charge in [-0.1, -0.05) is 6.92 Å². The summed E-state index contributed by atoms with van der Waals surface area (Å²) >= 11 is 0. The van der Waals surface area contributed by atoms with Gasteiger partial charge in [0.05, 0.1) is 11.5 Å². The molecule has 2 N–H and O–H groups in total. The average Bonchev–Trinajstić information content (AvgIpc) is 2.52. The van der Waals surface area contributed by atoms with Crippen LogP contribution in [0.5, 0.6) is 0 Å². The van der Waals surface area contributed by atoms with E-state index in [1.165, 1.54) is 0 Å². The maximum absolute atomic E-state index is 13.7. The average molecular weight is 379 g/mol. The van der Waals surface area contributed by atoms with E-state index in [9.17, 15) is 22.8 Å². The number of nitrogens with zero attached hydrogens (tertiary/aromatic N) is 1. The monoisotopic (exact) mass is 378 g/mol. The fraction of sp³-hybridized carbons (Fsp3) is 0.529. The molecule has 2 unspecified atom stereocenters. The molecule has 4 nitrogen and oxygen atoms in total. The van der Waals surface area contributed by atoms with Gasteiger partial charge in [-0.25, -0.2) is 13.2 Å². The number of nitrogens with two attached hydrogens (primary N) is 1. The maximum atomic E-state index is 13.7. The summed E-state index contributed by atoms with van der Waals surface area (Å²) in [5.74, 6) is -5.14. The van der Waals surface area contributed by atoms with Crippen molar-refractivity contribution >= 4 is 24.1 Å². The second-order valence-electron chi connectivity index (χ2n) is 6.36. The summed E-state index contributed by atoms with van der Waals surface area (Å²) in [6.07, 6.45) is 0.624. The van der Waals surface area contributed by atoms with Gasteiger partial charge >= 0.3 is 0 Å². The Balaban J connectivity index is 0.00000312. The van der Waals surface area contributed by atoms with Gasteiger partial charge in [0.2, 0.25) is 5.91 Å². The minimum Gasteiger partial charge on any atom is -0.342 e. The SMILES string of the molecule is CC(N)C(C)C(=O)N1CCC(C(=O)c2c(F)cc(F)cc2F)CC1.Cl. The van der Waals surface area contributed by atoms with Gasteiger partial charge in [0.1, 0.15) is 17.5 Å².